The average molecular weight is 573 g/mol. The van der Waals surface area contributed by atoms with Gasteiger partial charge in [-0.05, 0) is 30.9 Å². The number of aromatic carboxylic acids is 1. The second-order valence-corrected chi connectivity index (χ2v) is 10.2. The third-order valence-electron chi connectivity index (χ3n) is 5.91. The van der Waals surface area contributed by atoms with Crippen LogP contribution < -0.4 is 0 Å². The normalized spacial score (nSPS) is 10.5. The van der Waals surface area contributed by atoms with Crippen LogP contribution in [0.5, 0.6) is 0 Å². The van der Waals surface area contributed by atoms with Crippen molar-refractivity contribution < 1.29 is 19.4 Å². The van der Waals surface area contributed by atoms with Gasteiger partial charge in [0.15, 0.2) is 0 Å². The maximum absolute atomic E-state index is 12.4. The van der Waals surface area contributed by atoms with Crippen LogP contribution in [-0.4, -0.2) is 28.6 Å². The number of aryl methyl sites for hydroxylation is 1. The first kappa shape index (κ1) is 33.2. The minimum absolute atomic E-state index is 0.115. The number of nitrogens with zero attached hydrogens (tertiary/aromatic N) is 1. The van der Waals surface area contributed by atoms with Crippen molar-refractivity contribution in [3.63, 3.8) is 0 Å². The summed E-state index contributed by atoms with van der Waals surface area (Å²) in [6.07, 6.45) is 17.2. The van der Waals surface area contributed by atoms with Gasteiger partial charge in [-0.25, -0.2) is 9.59 Å². The molecule has 2 aromatic rings. The van der Waals surface area contributed by atoms with E-state index in [2.05, 4.69) is 18.8 Å². The Kier molecular flexibility index (Phi) is 18.1. The molecule has 1 aromatic carbocycles. The lowest BCUT2D eigenvalue weighted by molar-refractivity contribution is 0.0487. The van der Waals surface area contributed by atoms with Gasteiger partial charge in [0.05, 0.1) is 32.8 Å². The van der Waals surface area contributed by atoms with Crippen LogP contribution in [-0.2, 0) is 11.2 Å². The largest absolute Gasteiger partial charge is 0.478 e. The Labute approximate surface area is 236 Å². The van der Waals surface area contributed by atoms with Gasteiger partial charge in [-0.1, -0.05) is 125 Å². The third kappa shape index (κ3) is 13.5. The summed E-state index contributed by atoms with van der Waals surface area (Å²) in [4.78, 5) is 27.9. The summed E-state index contributed by atoms with van der Waals surface area (Å²) in [6, 6.07) is 5.15. The van der Waals surface area contributed by atoms with Crippen LogP contribution >= 0.6 is 34.8 Å². The maximum atomic E-state index is 12.4. The fourth-order valence-corrected chi connectivity index (χ4v) is 4.31. The quantitative estimate of drug-likeness (QED) is 0.160. The van der Waals surface area contributed by atoms with E-state index in [1.54, 1.807) is 12.1 Å². The van der Waals surface area contributed by atoms with E-state index >= 15 is 0 Å². The van der Waals surface area contributed by atoms with Gasteiger partial charge in [0.1, 0.15) is 0 Å². The zero-order valence-corrected chi connectivity index (χ0v) is 24.3. The first-order chi connectivity index (χ1) is 17.8. The fourth-order valence-electron chi connectivity index (χ4n) is 3.85. The highest BCUT2D eigenvalue weighted by molar-refractivity contribution is 6.47. The highest BCUT2D eigenvalue weighted by atomic mass is 35.5. The first-order valence-corrected chi connectivity index (χ1v) is 14.4. The molecule has 1 N–H and O–H groups in total. The van der Waals surface area contributed by atoms with E-state index in [9.17, 15) is 14.7 Å². The number of rotatable bonds is 16. The van der Waals surface area contributed by atoms with Gasteiger partial charge in [-0.3, -0.25) is 4.98 Å². The van der Waals surface area contributed by atoms with Crippen LogP contribution in [0.3, 0.4) is 0 Å². The van der Waals surface area contributed by atoms with Crippen molar-refractivity contribution in [2.75, 3.05) is 6.61 Å². The number of carboxylic acid groups (broad SMARTS) is 1. The number of carbonyl (C=O) groups is 2. The predicted octanol–water partition coefficient (Wildman–Crippen LogP) is 9.85. The van der Waals surface area contributed by atoms with Crippen molar-refractivity contribution >= 4 is 46.7 Å². The number of carboxylic acids is 1. The Morgan fingerprint density at radius 2 is 1.35 bits per heavy atom. The molecule has 0 saturated carbocycles. The van der Waals surface area contributed by atoms with Crippen molar-refractivity contribution in [3.8, 4) is 0 Å². The van der Waals surface area contributed by atoms with Crippen LogP contribution in [0.1, 0.15) is 117 Å². The van der Waals surface area contributed by atoms with Crippen LogP contribution in [0.25, 0.3) is 0 Å². The Morgan fingerprint density at radius 1 is 0.811 bits per heavy atom. The molecule has 0 spiro atoms. The number of unbranched alkanes of at least 4 members (excludes halogenated alkanes) is 10. The van der Waals surface area contributed by atoms with Crippen molar-refractivity contribution in [1.29, 1.82) is 0 Å². The summed E-state index contributed by atoms with van der Waals surface area (Å²) in [7, 11) is 0. The molecule has 37 heavy (non-hydrogen) atoms. The van der Waals surface area contributed by atoms with E-state index in [4.69, 9.17) is 39.5 Å². The van der Waals surface area contributed by atoms with Gasteiger partial charge in [0.25, 0.3) is 0 Å². The minimum Gasteiger partial charge on any atom is -0.478 e. The van der Waals surface area contributed by atoms with E-state index in [0.29, 0.717) is 28.1 Å². The summed E-state index contributed by atoms with van der Waals surface area (Å²) < 4.78 is 5.35. The number of halogens is 3. The van der Waals surface area contributed by atoms with Crippen molar-refractivity contribution in [2.45, 2.75) is 97.3 Å². The average Bonchev–Trinajstić information content (AvgIpc) is 2.88. The Morgan fingerprint density at radius 3 is 1.89 bits per heavy atom. The molecule has 2 rings (SSSR count). The summed E-state index contributed by atoms with van der Waals surface area (Å²) in [5.41, 5.74) is 1.03. The number of benzene rings is 1. The highest BCUT2D eigenvalue weighted by Crippen LogP contribution is 2.27. The van der Waals surface area contributed by atoms with Gasteiger partial charge >= 0.3 is 11.9 Å². The smallest absolute Gasteiger partial charge is 0.339 e. The monoisotopic (exact) mass is 571 g/mol. The number of hydrogen-bond acceptors (Lipinski definition) is 4. The Balaban J connectivity index is 0.000000635. The molecule has 0 unspecified atom stereocenters. The minimum atomic E-state index is -1.05. The molecular formula is C29H40Cl3NO4. The standard InChI is InChI=1S/C24H38O4.C5H2Cl3N/c1-3-5-7-9-11-13-16-20-17-15-18-21(22(20)23(25)26)24(27)28-19-14-12-10-8-6-4-2;6-3-1-9-2-4(7)5(3)8/h15,17-18H,3-14,16,19H2,1-2H3,(H,25,26);1-2H. The van der Waals surface area contributed by atoms with E-state index in [0.717, 1.165) is 37.7 Å². The molecule has 0 saturated heterocycles. The van der Waals surface area contributed by atoms with Crippen molar-refractivity contribution in [2.24, 2.45) is 0 Å². The molecule has 0 atom stereocenters. The summed E-state index contributed by atoms with van der Waals surface area (Å²) in [5, 5.41) is 10.8. The number of pyridine rings is 1. The van der Waals surface area contributed by atoms with Gasteiger partial charge in [0.2, 0.25) is 0 Å². The number of hydrogen-bond donors (Lipinski definition) is 1. The molecular weight excluding hydrogens is 533 g/mol. The fraction of sp³-hybridized carbons (Fsp3) is 0.552. The van der Waals surface area contributed by atoms with E-state index < -0.39 is 11.9 Å². The molecule has 0 amide bonds. The van der Waals surface area contributed by atoms with E-state index in [1.165, 1.54) is 57.3 Å². The lowest BCUT2D eigenvalue weighted by Gasteiger charge is -2.12. The Bertz CT molecular complexity index is 932. The number of esters is 1. The summed E-state index contributed by atoms with van der Waals surface area (Å²) in [6.45, 7) is 4.73. The van der Waals surface area contributed by atoms with Crippen LogP contribution in [0.2, 0.25) is 15.1 Å². The highest BCUT2D eigenvalue weighted by Gasteiger charge is 2.21. The molecule has 1 aromatic heterocycles. The van der Waals surface area contributed by atoms with Crippen molar-refractivity contribution in [3.05, 3.63) is 62.4 Å². The number of aromatic nitrogens is 1. The lowest BCUT2D eigenvalue weighted by atomic mass is 9.96. The second-order valence-electron chi connectivity index (χ2n) is 8.98. The van der Waals surface area contributed by atoms with Crippen molar-refractivity contribution in [1.82, 2.24) is 4.98 Å². The zero-order valence-electron chi connectivity index (χ0n) is 22.0. The Hall–Kier alpha value is -1.82. The van der Waals surface area contributed by atoms with E-state index in [1.807, 2.05) is 6.07 Å². The van der Waals surface area contributed by atoms with Crippen LogP contribution in [0.4, 0.5) is 0 Å². The van der Waals surface area contributed by atoms with E-state index in [-0.39, 0.29) is 11.1 Å². The topological polar surface area (TPSA) is 76.5 Å². The molecule has 0 fully saturated rings. The molecule has 0 radical (unpaired) electrons. The molecule has 5 nitrogen and oxygen atoms in total. The van der Waals surface area contributed by atoms with Crippen LogP contribution in [0.15, 0.2) is 30.6 Å². The number of carbonyl (C=O) groups excluding carboxylic acids is 1. The maximum Gasteiger partial charge on any atom is 0.339 e. The van der Waals surface area contributed by atoms with Gasteiger partial charge in [0, 0.05) is 12.4 Å². The number of ether oxygens (including phenoxy) is 1. The van der Waals surface area contributed by atoms with Gasteiger partial charge < -0.3 is 9.84 Å². The lowest BCUT2D eigenvalue weighted by Crippen LogP contribution is -2.15. The second kappa shape index (κ2) is 20.2. The van der Waals surface area contributed by atoms with Gasteiger partial charge in [-0.15, -0.1) is 0 Å². The molecule has 0 aliphatic carbocycles. The van der Waals surface area contributed by atoms with Crippen LogP contribution in [0, 0.1) is 0 Å². The van der Waals surface area contributed by atoms with Gasteiger partial charge in [-0.2, -0.15) is 0 Å². The molecule has 0 aliphatic rings. The summed E-state index contributed by atoms with van der Waals surface area (Å²) in [5.74, 6) is -1.57. The SMILES string of the molecule is CCCCCCCCOC(=O)c1cccc(CCCCCCCC)c1C(=O)O.Clc1cncc(Cl)c1Cl. The predicted molar refractivity (Wildman–Crippen MR) is 153 cm³/mol. The molecule has 0 aliphatic heterocycles. The third-order valence-corrected chi connectivity index (χ3v) is 7.08. The first-order valence-electron chi connectivity index (χ1n) is 13.3. The molecule has 8 heteroatoms. The summed E-state index contributed by atoms with van der Waals surface area (Å²) >= 11 is 16.6. The zero-order chi connectivity index (χ0) is 27.5. The molecule has 0 bridgehead atoms. The molecule has 206 valence electrons. The molecule has 1 heterocycles.